The third-order valence-corrected chi connectivity index (χ3v) is 6.95. The molecule has 0 bridgehead atoms. The number of amides is 1. The summed E-state index contributed by atoms with van der Waals surface area (Å²) in [4.78, 5) is 17.4. The standard InChI is InChI=1S/C20H23N3O2S2/c1-14-6-8-23(9-7-14)16(18-4-2-10-26-18)13-21-20(24)15-12-17(25-22-15)19-5-3-11-27-19/h2-5,10-12,14,16H,6-9,13H2,1H3,(H,21,24)/t16-/m1/s1. The Hall–Kier alpha value is -1.96. The quantitative estimate of drug-likeness (QED) is 0.652. The largest absolute Gasteiger partial charge is 0.355 e. The van der Waals surface area contributed by atoms with E-state index in [1.165, 1.54) is 17.7 Å². The molecule has 3 aromatic rings. The predicted octanol–water partition coefficient (Wildman–Crippen LogP) is 4.67. The maximum atomic E-state index is 12.6. The molecule has 1 atom stereocenters. The molecule has 1 amide bonds. The van der Waals surface area contributed by atoms with Crippen LogP contribution in [0.4, 0.5) is 0 Å². The highest BCUT2D eigenvalue weighted by Gasteiger charge is 2.26. The Labute approximate surface area is 167 Å². The van der Waals surface area contributed by atoms with Gasteiger partial charge in [0.05, 0.1) is 10.9 Å². The van der Waals surface area contributed by atoms with Crippen LogP contribution in [-0.4, -0.2) is 35.6 Å². The van der Waals surface area contributed by atoms with Crippen molar-refractivity contribution >= 4 is 28.6 Å². The number of carbonyl (C=O) groups excluding carboxylic acids is 1. The Balaban J connectivity index is 1.42. The van der Waals surface area contributed by atoms with Gasteiger partial charge < -0.3 is 9.84 Å². The van der Waals surface area contributed by atoms with Gasteiger partial charge in [-0.1, -0.05) is 24.2 Å². The minimum absolute atomic E-state index is 0.187. The van der Waals surface area contributed by atoms with Crippen LogP contribution in [0.25, 0.3) is 10.6 Å². The highest BCUT2D eigenvalue weighted by atomic mass is 32.1. The number of rotatable bonds is 6. The number of thiophene rings is 2. The Morgan fingerprint density at radius 1 is 1.30 bits per heavy atom. The van der Waals surface area contributed by atoms with Gasteiger partial charge in [0, 0.05) is 17.5 Å². The minimum Gasteiger partial charge on any atom is -0.355 e. The number of hydrogen-bond donors (Lipinski definition) is 1. The van der Waals surface area contributed by atoms with Gasteiger partial charge in [-0.25, -0.2) is 0 Å². The molecule has 0 unspecified atom stereocenters. The Morgan fingerprint density at radius 2 is 2.07 bits per heavy atom. The van der Waals surface area contributed by atoms with Crippen molar-refractivity contribution in [2.75, 3.05) is 19.6 Å². The zero-order chi connectivity index (χ0) is 18.6. The van der Waals surface area contributed by atoms with E-state index in [1.54, 1.807) is 28.7 Å². The van der Waals surface area contributed by atoms with Gasteiger partial charge in [-0.2, -0.15) is 0 Å². The Bertz CT molecular complexity index is 850. The molecule has 5 nitrogen and oxygen atoms in total. The van der Waals surface area contributed by atoms with Crippen LogP contribution in [0.5, 0.6) is 0 Å². The predicted molar refractivity (Wildman–Crippen MR) is 109 cm³/mol. The van der Waals surface area contributed by atoms with Crippen molar-refractivity contribution in [2.24, 2.45) is 5.92 Å². The minimum atomic E-state index is -0.187. The van der Waals surface area contributed by atoms with E-state index in [0.29, 0.717) is 18.0 Å². The average molecular weight is 402 g/mol. The Morgan fingerprint density at radius 3 is 2.78 bits per heavy atom. The van der Waals surface area contributed by atoms with E-state index in [0.717, 1.165) is 23.9 Å². The molecule has 0 aliphatic carbocycles. The summed E-state index contributed by atoms with van der Waals surface area (Å²) in [5, 5.41) is 11.1. The summed E-state index contributed by atoms with van der Waals surface area (Å²) in [6, 6.07) is 10.1. The van der Waals surface area contributed by atoms with Gasteiger partial charge in [-0.05, 0) is 54.7 Å². The molecule has 3 aromatic heterocycles. The van der Waals surface area contributed by atoms with Crippen molar-refractivity contribution in [2.45, 2.75) is 25.8 Å². The van der Waals surface area contributed by atoms with E-state index in [-0.39, 0.29) is 11.9 Å². The van der Waals surface area contributed by atoms with Gasteiger partial charge in [0.1, 0.15) is 0 Å². The number of nitrogens with one attached hydrogen (secondary N) is 1. The number of aromatic nitrogens is 1. The molecule has 1 fully saturated rings. The maximum Gasteiger partial charge on any atom is 0.273 e. The van der Waals surface area contributed by atoms with E-state index in [4.69, 9.17) is 4.52 Å². The lowest BCUT2D eigenvalue weighted by molar-refractivity contribution is 0.0906. The third-order valence-electron chi connectivity index (χ3n) is 5.09. The fourth-order valence-electron chi connectivity index (χ4n) is 3.43. The number of piperidine rings is 1. The van der Waals surface area contributed by atoms with Crippen molar-refractivity contribution in [3.8, 4) is 10.6 Å². The lowest BCUT2D eigenvalue weighted by Gasteiger charge is -2.36. The van der Waals surface area contributed by atoms with Crippen molar-refractivity contribution in [1.82, 2.24) is 15.4 Å². The number of hydrogen-bond acceptors (Lipinski definition) is 6. The zero-order valence-corrected chi connectivity index (χ0v) is 16.9. The second kappa shape index (κ2) is 8.37. The fraction of sp³-hybridized carbons (Fsp3) is 0.400. The van der Waals surface area contributed by atoms with Crippen LogP contribution >= 0.6 is 22.7 Å². The van der Waals surface area contributed by atoms with Crippen LogP contribution in [0.15, 0.2) is 45.6 Å². The van der Waals surface area contributed by atoms with Crippen molar-refractivity contribution in [3.63, 3.8) is 0 Å². The molecular formula is C20H23N3O2S2. The molecule has 0 spiro atoms. The molecule has 27 heavy (non-hydrogen) atoms. The van der Waals surface area contributed by atoms with Gasteiger partial charge in [-0.3, -0.25) is 9.69 Å². The summed E-state index contributed by atoms with van der Waals surface area (Å²) in [6.07, 6.45) is 2.42. The first-order valence-corrected chi connectivity index (χ1v) is 11.0. The van der Waals surface area contributed by atoms with Gasteiger partial charge in [-0.15, -0.1) is 22.7 Å². The van der Waals surface area contributed by atoms with Crippen molar-refractivity contribution in [3.05, 3.63) is 51.7 Å². The number of likely N-dealkylation sites (tertiary alicyclic amines) is 1. The molecule has 1 aliphatic rings. The van der Waals surface area contributed by atoms with Gasteiger partial charge in [0.15, 0.2) is 11.5 Å². The molecule has 142 valence electrons. The molecule has 0 saturated carbocycles. The molecule has 1 N–H and O–H groups in total. The van der Waals surface area contributed by atoms with Gasteiger partial charge in [0.2, 0.25) is 0 Å². The van der Waals surface area contributed by atoms with E-state index >= 15 is 0 Å². The average Bonchev–Trinajstić information content (AvgIpc) is 3.44. The first-order chi connectivity index (χ1) is 13.2. The molecule has 0 aromatic carbocycles. The zero-order valence-electron chi connectivity index (χ0n) is 15.3. The summed E-state index contributed by atoms with van der Waals surface area (Å²) in [5.74, 6) is 1.23. The van der Waals surface area contributed by atoms with Crippen LogP contribution < -0.4 is 5.32 Å². The van der Waals surface area contributed by atoms with Crippen LogP contribution in [0, 0.1) is 5.92 Å². The summed E-state index contributed by atoms with van der Waals surface area (Å²) < 4.78 is 5.33. The first-order valence-electron chi connectivity index (χ1n) is 9.27. The molecular weight excluding hydrogens is 378 g/mol. The first kappa shape index (κ1) is 18.4. The lowest BCUT2D eigenvalue weighted by atomic mass is 9.97. The number of nitrogens with zero attached hydrogens (tertiary/aromatic N) is 2. The molecule has 1 aliphatic heterocycles. The van der Waals surface area contributed by atoms with Crippen LogP contribution in [0.2, 0.25) is 0 Å². The van der Waals surface area contributed by atoms with Crippen molar-refractivity contribution in [1.29, 1.82) is 0 Å². The monoisotopic (exact) mass is 401 g/mol. The SMILES string of the molecule is CC1CCN([C@H](CNC(=O)c2cc(-c3cccs3)on2)c2cccs2)CC1. The van der Waals surface area contributed by atoms with Gasteiger partial charge in [0.25, 0.3) is 5.91 Å². The van der Waals surface area contributed by atoms with E-state index < -0.39 is 0 Å². The summed E-state index contributed by atoms with van der Waals surface area (Å²) in [5.41, 5.74) is 0.329. The lowest BCUT2D eigenvalue weighted by Crippen LogP contribution is -2.41. The topological polar surface area (TPSA) is 58.4 Å². The smallest absolute Gasteiger partial charge is 0.273 e. The second-order valence-corrected chi connectivity index (χ2v) is 8.94. The number of carbonyl (C=O) groups is 1. The fourth-order valence-corrected chi connectivity index (χ4v) is 4.96. The normalized spacial score (nSPS) is 17.1. The van der Waals surface area contributed by atoms with E-state index in [1.807, 2.05) is 17.5 Å². The molecule has 7 heteroatoms. The van der Waals surface area contributed by atoms with Crippen LogP contribution in [0.1, 0.15) is 41.2 Å². The van der Waals surface area contributed by atoms with E-state index in [9.17, 15) is 4.79 Å². The van der Waals surface area contributed by atoms with Crippen molar-refractivity contribution < 1.29 is 9.32 Å². The second-order valence-electron chi connectivity index (χ2n) is 7.01. The summed E-state index contributed by atoms with van der Waals surface area (Å²) in [7, 11) is 0. The van der Waals surface area contributed by atoms with E-state index in [2.05, 4.69) is 39.8 Å². The van der Waals surface area contributed by atoms with Crippen LogP contribution in [-0.2, 0) is 0 Å². The highest BCUT2D eigenvalue weighted by Crippen LogP contribution is 2.29. The summed E-state index contributed by atoms with van der Waals surface area (Å²) in [6.45, 7) is 5.04. The molecule has 4 heterocycles. The maximum absolute atomic E-state index is 12.6. The summed E-state index contributed by atoms with van der Waals surface area (Å²) >= 11 is 3.32. The molecule has 0 radical (unpaired) electrons. The molecule has 1 saturated heterocycles. The third kappa shape index (κ3) is 4.31. The Kier molecular flexibility index (Phi) is 5.71. The molecule has 4 rings (SSSR count). The van der Waals surface area contributed by atoms with Crippen LogP contribution in [0.3, 0.4) is 0 Å². The van der Waals surface area contributed by atoms with Gasteiger partial charge >= 0.3 is 0 Å². The highest BCUT2D eigenvalue weighted by molar-refractivity contribution is 7.13.